The monoisotopic (exact) mass is 474 g/mol. The molecular formula is C23H26N2O5S2. The summed E-state index contributed by atoms with van der Waals surface area (Å²) in [6, 6.07) is 15.4. The second-order valence-electron chi connectivity index (χ2n) is 7.10. The fourth-order valence-electron chi connectivity index (χ4n) is 3.11. The Balaban J connectivity index is 1.65. The minimum atomic E-state index is -3.73. The van der Waals surface area contributed by atoms with Gasteiger partial charge in [0.25, 0.3) is 5.91 Å². The van der Waals surface area contributed by atoms with Crippen molar-refractivity contribution in [3.8, 4) is 11.5 Å². The number of methoxy groups -OCH3 is 2. The van der Waals surface area contributed by atoms with Crippen LogP contribution in [0.1, 0.15) is 20.8 Å². The van der Waals surface area contributed by atoms with Crippen molar-refractivity contribution >= 4 is 27.3 Å². The number of carbonyl (C=O) groups is 1. The van der Waals surface area contributed by atoms with E-state index in [1.165, 1.54) is 23.5 Å². The maximum absolute atomic E-state index is 12.9. The topological polar surface area (TPSA) is 84.9 Å². The van der Waals surface area contributed by atoms with Crippen LogP contribution in [0.25, 0.3) is 0 Å². The van der Waals surface area contributed by atoms with Crippen molar-refractivity contribution in [2.75, 3.05) is 27.8 Å². The number of carbonyl (C=O) groups excluding carboxylic acids is 1. The molecule has 0 bridgehead atoms. The van der Waals surface area contributed by atoms with E-state index in [1.807, 2.05) is 35.7 Å². The molecule has 0 aliphatic heterocycles. The molecule has 0 unspecified atom stereocenters. The molecule has 1 N–H and O–H groups in total. The number of hydrogen-bond donors (Lipinski definition) is 1. The van der Waals surface area contributed by atoms with Crippen molar-refractivity contribution in [1.29, 1.82) is 0 Å². The third-order valence-electron chi connectivity index (χ3n) is 4.94. The second kappa shape index (κ2) is 10.6. The number of benzene rings is 2. The van der Waals surface area contributed by atoms with Crippen molar-refractivity contribution in [1.82, 2.24) is 9.62 Å². The quantitative estimate of drug-likeness (QED) is 0.486. The molecule has 0 saturated carbocycles. The summed E-state index contributed by atoms with van der Waals surface area (Å²) >= 11 is 1.48. The van der Waals surface area contributed by atoms with Crippen molar-refractivity contribution in [3.63, 3.8) is 0 Å². The molecule has 1 heterocycles. The molecule has 7 nitrogen and oxygen atoms in total. The standard InChI is InChI=1S/C23H26N2O5S2/c1-25(12-11-17-9-10-21(29-2)22(14-17)30-3)23(26)18-6-4-8-20(15-18)32(27,28)24-16-19-7-5-13-31-19/h4-10,13-15,24H,11-12,16H2,1-3H3. The van der Waals surface area contributed by atoms with Crippen LogP contribution >= 0.6 is 11.3 Å². The zero-order valence-electron chi connectivity index (χ0n) is 18.2. The highest BCUT2D eigenvalue weighted by molar-refractivity contribution is 7.89. The molecule has 0 radical (unpaired) electrons. The highest BCUT2D eigenvalue weighted by Gasteiger charge is 2.18. The first-order chi connectivity index (χ1) is 15.3. The molecule has 0 aliphatic carbocycles. The van der Waals surface area contributed by atoms with E-state index in [0.29, 0.717) is 30.0 Å². The zero-order valence-corrected chi connectivity index (χ0v) is 19.8. The van der Waals surface area contributed by atoms with Crippen LogP contribution in [0.3, 0.4) is 0 Å². The van der Waals surface area contributed by atoms with E-state index in [9.17, 15) is 13.2 Å². The van der Waals surface area contributed by atoms with Gasteiger partial charge >= 0.3 is 0 Å². The Labute approximate surface area is 192 Å². The van der Waals surface area contributed by atoms with Gasteiger partial charge in [-0.25, -0.2) is 13.1 Å². The number of sulfonamides is 1. The Kier molecular flexibility index (Phi) is 7.89. The van der Waals surface area contributed by atoms with E-state index in [-0.39, 0.29) is 17.3 Å². The van der Waals surface area contributed by atoms with Crippen molar-refractivity contribution in [2.45, 2.75) is 17.9 Å². The molecule has 0 fully saturated rings. The van der Waals surface area contributed by atoms with Crippen LogP contribution < -0.4 is 14.2 Å². The van der Waals surface area contributed by atoms with Gasteiger partial charge in [-0.05, 0) is 53.8 Å². The fraction of sp³-hybridized carbons (Fsp3) is 0.261. The van der Waals surface area contributed by atoms with E-state index in [1.54, 1.807) is 38.3 Å². The third kappa shape index (κ3) is 5.87. The molecule has 32 heavy (non-hydrogen) atoms. The first-order valence-corrected chi connectivity index (χ1v) is 12.3. The normalized spacial score (nSPS) is 11.2. The number of nitrogens with one attached hydrogen (secondary N) is 1. The van der Waals surface area contributed by atoms with Crippen LogP contribution in [-0.4, -0.2) is 47.0 Å². The summed E-state index contributed by atoms with van der Waals surface area (Å²) in [4.78, 5) is 15.4. The van der Waals surface area contributed by atoms with Crippen LogP contribution in [0.15, 0.2) is 64.9 Å². The van der Waals surface area contributed by atoms with Gasteiger partial charge in [0.15, 0.2) is 11.5 Å². The smallest absolute Gasteiger partial charge is 0.253 e. The zero-order chi connectivity index (χ0) is 23.1. The average Bonchev–Trinajstić information content (AvgIpc) is 3.34. The van der Waals surface area contributed by atoms with E-state index < -0.39 is 10.0 Å². The van der Waals surface area contributed by atoms with Crippen LogP contribution in [0.2, 0.25) is 0 Å². The number of ether oxygens (including phenoxy) is 2. The van der Waals surface area contributed by atoms with Crippen molar-refractivity contribution < 1.29 is 22.7 Å². The number of amides is 1. The first kappa shape index (κ1) is 23.8. The molecule has 1 amide bonds. The Morgan fingerprint density at radius 2 is 1.81 bits per heavy atom. The highest BCUT2D eigenvalue weighted by Crippen LogP contribution is 2.27. The van der Waals surface area contributed by atoms with Crippen molar-refractivity contribution in [2.24, 2.45) is 0 Å². The van der Waals surface area contributed by atoms with Crippen LogP contribution in [0, 0.1) is 0 Å². The van der Waals surface area contributed by atoms with Gasteiger partial charge in [-0.15, -0.1) is 11.3 Å². The van der Waals surface area contributed by atoms with Gasteiger partial charge in [0.05, 0.1) is 19.1 Å². The summed E-state index contributed by atoms with van der Waals surface area (Å²) in [6.45, 7) is 0.672. The maximum atomic E-state index is 12.9. The van der Waals surface area contributed by atoms with Crippen LogP contribution in [0.5, 0.6) is 11.5 Å². The molecule has 170 valence electrons. The van der Waals surface area contributed by atoms with Gasteiger partial charge in [-0.1, -0.05) is 18.2 Å². The molecule has 0 aliphatic rings. The second-order valence-corrected chi connectivity index (χ2v) is 9.90. The third-order valence-corrected chi connectivity index (χ3v) is 7.21. The van der Waals surface area contributed by atoms with Crippen molar-refractivity contribution in [3.05, 3.63) is 76.0 Å². The summed E-state index contributed by atoms with van der Waals surface area (Å²) < 4.78 is 38.4. The predicted molar refractivity (Wildman–Crippen MR) is 125 cm³/mol. The molecule has 0 atom stereocenters. The summed E-state index contributed by atoms with van der Waals surface area (Å²) in [5, 5.41) is 1.89. The lowest BCUT2D eigenvalue weighted by Gasteiger charge is -2.18. The number of thiophene rings is 1. The van der Waals surface area contributed by atoms with E-state index in [4.69, 9.17) is 9.47 Å². The van der Waals surface area contributed by atoms with Gasteiger partial charge in [0, 0.05) is 30.6 Å². The van der Waals surface area contributed by atoms with Gasteiger partial charge in [-0.3, -0.25) is 4.79 Å². The molecule has 1 aromatic heterocycles. The SMILES string of the molecule is COc1ccc(CCN(C)C(=O)c2cccc(S(=O)(=O)NCc3cccs3)c2)cc1OC. The lowest BCUT2D eigenvalue weighted by Crippen LogP contribution is -2.29. The number of nitrogens with zero attached hydrogens (tertiary/aromatic N) is 1. The summed E-state index contributed by atoms with van der Waals surface area (Å²) in [6.07, 6.45) is 0.614. The molecule has 3 rings (SSSR count). The lowest BCUT2D eigenvalue weighted by atomic mass is 10.1. The van der Waals surface area contributed by atoms with E-state index in [2.05, 4.69) is 4.72 Å². The molecule has 0 spiro atoms. The Morgan fingerprint density at radius 1 is 1.03 bits per heavy atom. The first-order valence-electron chi connectivity index (χ1n) is 9.92. The average molecular weight is 475 g/mol. The largest absolute Gasteiger partial charge is 0.493 e. The number of likely N-dealkylation sites (N-methyl/N-ethyl adjacent to an activating group) is 1. The highest BCUT2D eigenvalue weighted by atomic mass is 32.2. The van der Waals surface area contributed by atoms with Crippen LogP contribution in [-0.2, 0) is 23.0 Å². The minimum absolute atomic E-state index is 0.0631. The Bertz CT molecular complexity index is 1160. The minimum Gasteiger partial charge on any atom is -0.493 e. The maximum Gasteiger partial charge on any atom is 0.253 e. The predicted octanol–water partition coefficient (Wildman–Crippen LogP) is 3.56. The molecule has 3 aromatic rings. The summed E-state index contributed by atoms with van der Waals surface area (Å²) in [7, 11) is 1.12. The molecule has 0 saturated heterocycles. The van der Waals surface area contributed by atoms with Gasteiger partial charge in [0.2, 0.25) is 10.0 Å². The molecule has 2 aromatic carbocycles. The molecular weight excluding hydrogens is 448 g/mol. The van der Waals surface area contributed by atoms with Crippen LogP contribution in [0.4, 0.5) is 0 Å². The Hall–Kier alpha value is -2.88. The van der Waals surface area contributed by atoms with E-state index in [0.717, 1.165) is 10.4 Å². The van der Waals surface area contributed by atoms with Gasteiger partial charge in [0.1, 0.15) is 0 Å². The summed E-state index contributed by atoms with van der Waals surface area (Å²) in [5.74, 6) is 1.03. The molecule has 9 heteroatoms. The number of hydrogen-bond acceptors (Lipinski definition) is 6. The summed E-state index contributed by atoms with van der Waals surface area (Å²) in [5.41, 5.74) is 1.32. The Morgan fingerprint density at radius 3 is 2.50 bits per heavy atom. The van der Waals surface area contributed by atoms with Gasteiger partial charge < -0.3 is 14.4 Å². The number of rotatable bonds is 10. The van der Waals surface area contributed by atoms with Gasteiger partial charge in [-0.2, -0.15) is 0 Å². The lowest BCUT2D eigenvalue weighted by molar-refractivity contribution is 0.0796. The fourth-order valence-corrected chi connectivity index (χ4v) is 4.90. The van der Waals surface area contributed by atoms with E-state index >= 15 is 0 Å².